The Balaban J connectivity index is 2.00. The molecule has 0 amide bonds. The van der Waals surface area contributed by atoms with E-state index in [-0.39, 0.29) is 36.0 Å². The fourth-order valence-corrected chi connectivity index (χ4v) is 3.96. The predicted molar refractivity (Wildman–Crippen MR) is 141 cm³/mol. The molecular weight excluding hydrogens is 513 g/mol. The fraction of sp³-hybridized carbons (Fsp3) is 0.379. The highest BCUT2D eigenvalue weighted by Gasteiger charge is 2.56. The van der Waals surface area contributed by atoms with Crippen molar-refractivity contribution in [3.05, 3.63) is 77.0 Å². The van der Waals surface area contributed by atoms with E-state index >= 15 is 0 Å². The molecule has 210 valence electrons. The third kappa shape index (κ3) is 6.95. The lowest BCUT2D eigenvalue weighted by Crippen LogP contribution is -2.44. The summed E-state index contributed by atoms with van der Waals surface area (Å²) >= 11 is 0. The van der Waals surface area contributed by atoms with Crippen molar-refractivity contribution in [1.29, 1.82) is 0 Å². The van der Waals surface area contributed by atoms with Crippen LogP contribution < -0.4 is 15.2 Å². The van der Waals surface area contributed by atoms with Gasteiger partial charge in [-0.05, 0) is 63.1 Å². The number of carbonyl (C=O) groups is 1. The molecule has 39 heavy (non-hydrogen) atoms. The summed E-state index contributed by atoms with van der Waals surface area (Å²) in [4.78, 5) is 17.1. The second-order valence-corrected chi connectivity index (χ2v) is 9.93. The first-order valence-electron chi connectivity index (χ1n) is 12.3. The van der Waals surface area contributed by atoms with E-state index in [1.165, 1.54) is 25.3 Å². The number of aromatic nitrogens is 1. The third-order valence-corrected chi connectivity index (χ3v) is 6.36. The van der Waals surface area contributed by atoms with Crippen LogP contribution >= 0.6 is 0 Å². The number of hydrogen-bond acceptors (Lipinski definition) is 7. The summed E-state index contributed by atoms with van der Waals surface area (Å²) < 4.78 is 53.9. The van der Waals surface area contributed by atoms with Crippen LogP contribution in [0, 0.1) is 6.92 Å². The number of nitrogens with two attached hydrogens (primary N) is 1. The second-order valence-electron chi connectivity index (χ2n) is 9.93. The zero-order chi connectivity index (χ0) is 29.0. The smallest absolute Gasteiger partial charge is 0.422 e. The van der Waals surface area contributed by atoms with Crippen molar-refractivity contribution in [2.24, 2.45) is 5.73 Å². The number of Topliss-reactive ketones (excluding diaryl/α,β-unsaturated/α-hetero) is 1. The molecule has 0 fully saturated rings. The fourth-order valence-electron chi connectivity index (χ4n) is 3.96. The van der Waals surface area contributed by atoms with Crippen molar-refractivity contribution < 1.29 is 37.7 Å². The van der Waals surface area contributed by atoms with E-state index in [0.717, 1.165) is 11.6 Å². The van der Waals surface area contributed by atoms with Crippen LogP contribution in [0.4, 0.5) is 13.2 Å². The Morgan fingerprint density at radius 1 is 1.03 bits per heavy atom. The van der Waals surface area contributed by atoms with Crippen LogP contribution in [0.1, 0.15) is 53.9 Å². The summed E-state index contributed by atoms with van der Waals surface area (Å²) in [6.07, 6.45) is -6.73. The van der Waals surface area contributed by atoms with Gasteiger partial charge in [-0.3, -0.25) is 4.79 Å². The average Bonchev–Trinajstić information content (AvgIpc) is 2.89. The molecule has 1 unspecified atom stereocenters. The Morgan fingerprint density at radius 3 is 2.26 bits per heavy atom. The van der Waals surface area contributed by atoms with Gasteiger partial charge in [-0.1, -0.05) is 29.8 Å². The number of nitrogens with zero attached hydrogens (tertiary/aromatic N) is 1. The number of aliphatic hydroxyl groups is 2. The van der Waals surface area contributed by atoms with E-state index in [4.69, 9.17) is 20.3 Å². The number of carbonyl (C=O) groups excluding carboxylic acids is 1. The van der Waals surface area contributed by atoms with Crippen LogP contribution in [0.2, 0.25) is 0 Å². The minimum atomic E-state index is -5.14. The maximum Gasteiger partial charge on any atom is 0.422 e. The van der Waals surface area contributed by atoms with Gasteiger partial charge in [-0.15, -0.1) is 0 Å². The van der Waals surface area contributed by atoms with Gasteiger partial charge >= 0.3 is 6.18 Å². The summed E-state index contributed by atoms with van der Waals surface area (Å²) in [5.41, 5.74) is 3.32. The highest BCUT2D eigenvalue weighted by molar-refractivity contribution is 5.96. The molecule has 0 saturated carbocycles. The molecular formula is C29H33F3N2O5. The number of aryl methyl sites for hydroxylation is 1. The molecule has 3 rings (SSSR count). The molecule has 1 atom stereocenters. The Morgan fingerprint density at radius 2 is 1.69 bits per heavy atom. The van der Waals surface area contributed by atoms with Crippen LogP contribution in [0.5, 0.6) is 11.5 Å². The van der Waals surface area contributed by atoms with Gasteiger partial charge in [-0.2, -0.15) is 13.2 Å². The number of halogens is 3. The third-order valence-electron chi connectivity index (χ3n) is 6.36. The largest absolute Gasteiger partial charge is 0.493 e. The van der Waals surface area contributed by atoms with E-state index in [1.54, 1.807) is 44.2 Å². The summed E-state index contributed by atoms with van der Waals surface area (Å²) in [7, 11) is 1.35. The lowest BCUT2D eigenvalue weighted by Gasteiger charge is -2.32. The number of alkyl halides is 3. The average molecular weight is 547 g/mol. The van der Waals surface area contributed by atoms with Gasteiger partial charge in [-0.25, -0.2) is 4.98 Å². The Labute approximate surface area is 225 Å². The zero-order valence-corrected chi connectivity index (χ0v) is 22.3. The number of hydrogen-bond donors (Lipinski definition) is 3. The van der Waals surface area contributed by atoms with E-state index in [9.17, 15) is 23.1 Å². The molecule has 2 aromatic carbocycles. The molecule has 0 aliphatic heterocycles. The summed E-state index contributed by atoms with van der Waals surface area (Å²) in [5, 5.41) is 20.1. The van der Waals surface area contributed by atoms with Crippen molar-refractivity contribution >= 4 is 5.78 Å². The molecule has 1 heterocycles. The number of pyridine rings is 1. The molecule has 4 N–H and O–H groups in total. The first kappa shape index (κ1) is 30.1. The minimum absolute atomic E-state index is 0.00147. The number of aliphatic hydroxyl groups excluding tert-OH is 1. The summed E-state index contributed by atoms with van der Waals surface area (Å²) in [6, 6.07) is 14.0. The van der Waals surface area contributed by atoms with Gasteiger partial charge in [0.1, 0.15) is 6.61 Å². The maximum atomic E-state index is 14.5. The topological polar surface area (TPSA) is 115 Å². The molecule has 0 aliphatic carbocycles. The van der Waals surface area contributed by atoms with Crippen molar-refractivity contribution in [2.45, 2.75) is 50.9 Å². The number of rotatable bonds is 11. The number of ketones is 1. The molecule has 3 aromatic rings. The molecule has 1 aromatic heterocycles. The number of ether oxygens (including phenoxy) is 2. The SMILES string of the molecule is COc1cc(C(=O)CCC(O)(c2cc(C(C)(C)N)cc(-c3ccc(C)cc3)n2)C(F)(F)F)ccc1OCCO. The monoisotopic (exact) mass is 546 g/mol. The van der Waals surface area contributed by atoms with Crippen LogP contribution in [-0.2, 0) is 11.1 Å². The van der Waals surface area contributed by atoms with E-state index in [2.05, 4.69) is 4.98 Å². The van der Waals surface area contributed by atoms with Crippen LogP contribution in [0.3, 0.4) is 0 Å². The van der Waals surface area contributed by atoms with Gasteiger partial charge in [0.15, 0.2) is 17.3 Å². The maximum absolute atomic E-state index is 14.5. The highest BCUT2D eigenvalue weighted by Crippen LogP contribution is 2.43. The van der Waals surface area contributed by atoms with Crippen LogP contribution in [0.15, 0.2) is 54.6 Å². The first-order chi connectivity index (χ1) is 18.2. The van der Waals surface area contributed by atoms with Crippen molar-refractivity contribution in [3.63, 3.8) is 0 Å². The van der Waals surface area contributed by atoms with E-state index in [1.807, 2.05) is 6.92 Å². The van der Waals surface area contributed by atoms with Gasteiger partial charge < -0.3 is 25.4 Å². The molecule has 0 aliphatic rings. The van der Waals surface area contributed by atoms with Crippen LogP contribution in [-0.4, -0.2) is 47.5 Å². The summed E-state index contributed by atoms with van der Waals surface area (Å²) in [5.74, 6) is -0.189. The number of methoxy groups -OCH3 is 1. The lowest BCUT2D eigenvalue weighted by molar-refractivity contribution is -0.270. The van der Waals surface area contributed by atoms with Gasteiger partial charge in [0.2, 0.25) is 5.60 Å². The molecule has 7 nitrogen and oxygen atoms in total. The number of benzene rings is 2. The van der Waals surface area contributed by atoms with Crippen molar-refractivity contribution in [1.82, 2.24) is 4.98 Å². The van der Waals surface area contributed by atoms with Gasteiger partial charge in [0.05, 0.1) is 25.1 Å². The quantitative estimate of drug-likeness (QED) is 0.289. The molecule has 0 bridgehead atoms. The first-order valence-corrected chi connectivity index (χ1v) is 12.3. The minimum Gasteiger partial charge on any atom is -0.493 e. The second kappa shape index (κ2) is 11.7. The molecule has 0 spiro atoms. The van der Waals surface area contributed by atoms with E-state index < -0.39 is 41.6 Å². The standard InChI is InChI=1S/C29H33F3N2O5/c1-18-5-7-19(8-6-18)22-16-21(27(2,3)33)17-26(34-22)28(37,29(30,31)32)12-11-23(36)20-9-10-24(39-14-13-35)25(15-20)38-4/h5-10,15-17,35,37H,11-14,33H2,1-4H3. The van der Waals surface area contributed by atoms with Crippen LogP contribution in [0.25, 0.3) is 11.3 Å². The highest BCUT2D eigenvalue weighted by atomic mass is 19.4. The predicted octanol–water partition coefficient (Wildman–Crippen LogP) is 5.04. The van der Waals surface area contributed by atoms with E-state index in [0.29, 0.717) is 11.1 Å². The van der Waals surface area contributed by atoms with Gasteiger partial charge in [0, 0.05) is 23.1 Å². The zero-order valence-electron chi connectivity index (χ0n) is 22.3. The lowest BCUT2D eigenvalue weighted by atomic mass is 9.86. The molecule has 10 heteroatoms. The Hall–Kier alpha value is -3.47. The molecule has 0 saturated heterocycles. The van der Waals surface area contributed by atoms with Crippen molar-refractivity contribution in [3.8, 4) is 22.8 Å². The van der Waals surface area contributed by atoms with Gasteiger partial charge in [0.25, 0.3) is 0 Å². The summed E-state index contributed by atoms with van der Waals surface area (Å²) in [6.45, 7) is 4.93. The van der Waals surface area contributed by atoms with Crippen molar-refractivity contribution in [2.75, 3.05) is 20.3 Å². The Kier molecular flexibility index (Phi) is 9.05. The molecule has 0 radical (unpaired) electrons. The normalized spacial score (nSPS) is 13.6. The Bertz CT molecular complexity index is 1300.